The van der Waals surface area contributed by atoms with Gasteiger partial charge in [-0.25, -0.2) is 6.04 Å². The van der Waals surface area contributed by atoms with Gasteiger partial charge < -0.3 is 4.90 Å². The molecular weight excluding hydrogens is 129 g/mol. The van der Waals surface area contributed by atoms with Crippen molar-refractivity contribution in [3.63, 3.8) is 0 Å². The maximum atomic E-state index is 3.60. The van der Waals surface area contributed by atoms with Gasteiger partial charge >= 0.3 is 18.9 Å². The smallest absolute Gasteiger partial charge is 0.415 e. The summed E-state index contributed by atoms with van der Waals surface area (Å²) in [5.74, 6) is 2.57. The number of nitrogens with zero attached hydrogens (tertiary/aromatic N) is 1. The molecule has 0 saturated carbocycles. The van der Waals surface area contributed by atoms with E-state index in [2.05, 4.69) is 32.0 Å². The van der Waals surface area contributed by atoms with Gasteiger partial charge in [-0.15, -0.1) is 13.2 Å². The normalized spacial score (nSPS) is 6.55. The zero-order valence-electron chi connectivity index (χ0n) is 7.14. The maximum absolute atomic E-state index is 3.60. The Balaban J connectivity index is 0. The Labute approximate surface area is 81.3 Å². The van der Waals surface area contributed by atoms with Crippen molar-refractivity contribution in [2.24, 2.45) is 0 Å². The average Bonchev–Trinajstić information content (AvgIpc) is 1.90. The number of hydrogen-bond acceptors (Lipinski definition) is 1. The molecule has 0 N–H and O–H groups in total. The first-order valence-corrected chi connectivity index (χ1v) is 3.09. The van der Waals surface area contributed by atoms with Crippen LogP contribution in [0.3, 0.4) is 0 Å². The Morgan fingerprint density at radius 1 is 1.27 bits per heavy atom. The predicted molar refractivity (Wildman–Crippen MR) is 45.1 cm³/mol. The van der Waals surface area contributed by atoms with Crippen LogP contribution >= 0.6 is 0 Å². The molecule has 0 bridgehead atoms. The summed E-state index contributed by atoms with van der Waals surface area (Å²) < 4.78 is 0. The number of rotatable bonds is 4. The zero-order valence-corrected chi connectivity index (χ0v) is 7.14. The van der Waals surface area contributed by atoms with E-state index in [4.69, 9.17) is 0 Å². The van der Waals surface area contributed by atoms with Crippen LogP contribution in [0.15, 0.2) is 25.3 Å². The fourth-order valence-corrected chi connectivity index (χ4v) is 0.589. The third kappa shape index (κ3) is 7.20. The predicted octanol–water partition coefficient (Wildman–Crippen LogP) is -1.54. The molecule has 0 aliphatic carbocycles. The first kappa shape index (κ1) is 12.9. The maximum Gasteiger partial charge on any atom is 1.00 e. The monoisotopic (exact) mass is 141 g/mol. The molecule has 0 aromatic rings. The van der Waals surface area contributed by atoms with Gasteiger partial charge in [0.05, 0.1) is 0 Å². The van der Waals surface area contributed by atoms with Gasteiger partial charge in [-0.1, -0.05) is 12.2 Å². The zero-order chi connectivity index (χ0) is 7.82. The summed E-state index contributed by atoms with van der Waals surface area (Å²) >= 11 is 0. The van der Waals surface area contributed by atoms with E-state index in [0.717, 1.165) is 13.1 Å². The summed E-state index contributed by atoms with van der Waals surface area (Å²) in [6, 6.07) is 2.81. The summed E-state index contributed by atoms with van der Waals surface area (Å²) in [6.07, 6.45) is 3.60. The Morgan fingerprint density at radius 2 is 1.73 bits per heavy atom. The summed E-state index contributed by atoms with van der Waals surface area (Å²) in [5.41, 5.74) is 0. The van der Waals surface area contributed by atoms with Crippen LogP contribution in [0, 0.1) is 18.9 Å². The fraction of sp³-hybridized carbons (Fsp3) is 0.222. The minimum atomic E-state index is 0. The van der Waals surface area contributed by atoms with E-state index in [-0.39, 0.29) is 18.9 Å². The molecule has 1 nitrogen and oxygen atoms in total. The molecule has 54 valence electrons. The minimum Gasteiger partial charge on any atom is -0.415 e. The van der Waals surface area contributed by atoms with Crippen molar-refractivity contribution in [2.45, 2.75) is 0 Å². The van der Waals surface area contributed by atoms with Crippen LogP contribution in [0.1, 0.15) is 0 Å². The minimum absolute atomic E-state index is 0. The number of hydrogen-bond donors (Lipinski definition) is 0. The molecular formula is C9H12LiN. The molecule has 0 heterocycles. The Kier molecular flexibility index (Phi) is 10.9. The summed E-state index contributed by atoms with van der Waals surface area (Å²) in [4.78, 5) is 1.88. The Bertz CT molecular complexity index is 154. The molecule has 0 rings (SSSR count). The van der Waals surface area contributed by atoms with Gasteiger partial charge in [0.2, 0.25) is 0 Å². The van der Waals surface area contributed by atoms with E-state index < -0.39 is 0 Å². The second-order valence-corrected chi connectivity index (χ2v) is 1.77. The van der Waals surface area contributed by atoms with Crippen LogP contribution in [0.4, 0.5) is 0 Å². The van der Waals surface area contributed by atoms with E-state index in [9.17, 15) is 0 Å². The first-order chi connectivity index (χ1) is 4.85. The molecule has 0 spiro atoms. The van der Waals surface area contributed by atoms with E-state index >= 15 is 0 Å². The van der Waals surface area contributed by atoms with Gasteiger partial charge in [0, 0.05) is 13.1 Å². The average molecular weight is 141 g/mol. The van der Waals surface area contributed by atoms with Crippen molar-refractivity contribution in [1.82, 2.24) is 4.90 Å². The SMILES string of the molecule is C=CCN(C#C[CH2-])CC=C.[Li+]. The standard InChI is InChI=1S/C9H12N.Li/c1-4-7-10(8-5-2)9-6-3;/h4-5H,1-3,7-8H2;/q-1;+1. The second-order valence-electron chi connectivity index (χ2n) is 1.77. The molecule has 0 aromatic carbocycles. The fourth-order valence-electron chi connectivity index (χ4n) is 0.589. The van der Waals surface area contributed by atoms with Gasteiger partial charge in [0.1, 0.15) is 0 Å². The van der Waals surface area contributed by atoms with Crippen molar-refractivity contribution < 1.29 is 18.9 Å². The van der Waals surface area contributed by atoms with Gasteiger partial charge in [-0.3, -0.25) is 5.92 Å². The second kappa shape index (κ2) is 9.31. The van der Waals surface area contributed by atoms with Crippen LogP contribution < -0.4 is 18.9 Å². The summed E-state index contributed by atoms with van der Waals surface area (Å²) in [7, 11) is 0. The molecule has 0 amide bonds. The molecule has 0 unspecified atom stereocenters. The summed E-state index contributed by atoms with van der Waals surface area (Å²) in [6.45, 7) is 12.1. The van der Waals surface area contributed by atoms with Crippen molar-refractivity contribution >= 4 is 0 Å². The first-order valence-electron chi connectivity index (χ1n) is 3.09. The third-order valence-corrected chi connectivity index (χ3v) is 0.936. The molecule has 0 radical (unpaired) electrons. The Hall–Kier alpha value is -0.693. The molecule has 0 fully saturated rings. The van der Waals surface area contributed by atoms with Crippen LogP contribution in [0.2, 0.25) is 0 Å². The van der Waals surface area contributed by atoms with Gasteiger partial charge in [0.25, 0.3) is 0 Å². The van der Waals surface area contributed by atoms with E-state index in [1.807, 2.05) is 4.90 Å². The molecule has 0 saturated heterocycles. The Morgan fingerprint density at radius 3 is 2.00 bits per heavy atom. The van der Waals surface area contributed by atoms with Gasteiger partial charge in [0.15, 0.2) is 0 Å². The topological polar surface area (TPSA) is 3.24 Å². The van der Waals surface area contributed by atoms with Crippen molar-refractivity contribution in [3.05, 3.63) is 32.2 Å². The van der Waals surface area contributed by atoms with Crippen molar-refractivity contribution in [2.75, 3.05) is 13.1 Å². The van der Waals surface area contributed by atoms with Crippen LogP contribution in [0.5, 0.6) is 0 Å². The molecule has 0 aliphatic heterocycles. The van der Waals surface area contributed by atoms with E-state index in [0.29, 0.717) is 0 Å². The van der Waals surface area contributed by atoms with Crippen molar-refractivity contribution in [3.8, 4) is 12.0 Å². The molecule has 0 aromatic heterocycles. The van der Waals surface area contributed by atoms with Gasteiger partial charge in [-0.2, -0.15) is 6.92 Å². The van der Waals surface area contributed by atoms with Crippen molar-refractivity contribution in [1.29, 1.82) is 0 Å². The molecule has 11 heavy (non-hydrogen) atoms. The largest absolute Gasteiger partial charge is 1.00 e. The van der Waals surface area contributed by atoms with Crippen LogP contribution in [0.25, 0.3) is 0 Å². The van der Waals surface area contributed by atoms with Crippen LogP contribution in [-0.2, 0) is 0 Å². The van der Waals surface area contributed by atoms with E-state index in [1.54, 1.807) is 12.2 Å². The van der Waals surface area contributed by atoms with Crippen LogP contribution in [-0.4, -0.2) is 18.0 Å². The molecule has 0 atom stereocenters. The molecule has 0 aliphatic rings. The molecule has 2 heteroatoms. The van der Waals surface area contributed by atoms with E-state index in [1.165, 1.54) is 0 Å². The quantitative estimate of drug-likeness (QED) is 0.151. The third-order valence-electron chi connectivity index (χ3n) is 0.936. The van der Waals surface area contributed by atoms with Gasteiger partial charge in [-0.05, 0) is 0 Å². The summed E-state index contributed by atoms with van der Waals surface area (Å²) in [5, 5.41) is 0.